The lowest BCUT2D eigenvalue weighted by Crippen LogP contribution is -2.51. The maximum absolute atomic E-state index is 6.21. The maximum Gasteiger partial charge on any atom is 0.0449 e. The molecule has 3 atom stereocenters. The minimum absolute atomic E-state index is 0.322. The van der Waals surface area contributed by atoms with E-state index >= 15 is 0 Å². The van der Waals surface area contributed by atoms with Crippen LogP contribution < -0.4 is 10.6 Å². The van der Waals surface area contributed by atoms with Crippen molar-refractivity contribution in [3.05, 3.63) is 40.9 Å². The molecule has 1 aliphatic rings. The quantitative estimate of drug-likeness (QED) is 0.849. The third kappa shape index (κ3) is 2.23. The van der Waals surface area contributed by atoms with Crippen molar-refractivity contribution in [2.45, 2.75) is 32.4 Å². The van der Waals surface area contributed by atoms with Gasteiger partial charge in [0.25, 0.3) is 0 Å². The minimum atomic E-state index is 0.322. The van der Waals surface area contributed by atoms with Crippen molar-refractivity contribution in [3.8, 4) is 0 Å². The Kier molecular flexibility index (Phi) is 3.74. The summed E-state index contributed by atoms with van der Waals surface area (Å²) in [5, 5.41) is 2.59. The zero-order valence-electron chi connectivity index (χ0n) is 12.0. The lowest BCUT2D eigenvalue weighted by molar-refractivity contribution is 0.316. The molecule has 3 heteroatoms. The van der Waals surface area contributed by atoms with Crippen LogP contribution in [0.4, 0.5) is 5.69 Å². The molecule has 1 fully saturated rings. The van der Waals surface area contributed by atoms with E-state index in [1.165, 1.54) is 16.5 Å². The Morgan fingerprint density at radius 3 is 2.55 bits per heavy atom. The minimum Gasteiger partial charge on any atom is -0.368 e. The van der Waals surface area contributed by atoms with Crippen molar-refractivity contribution in [2.24, 2.45) is 11.7 Å². The fraction of sp³-hybridized carbons (Fsp3) is 0.412. The molecule has 1 saturated heterocycles. The van der Waals surface area contributed by atoms with Gasteiger partial charge in [0.05, 0.1) is 0 Å². The standard InChI is InChI=1S/C17H21BrN2/c1-11-12(2)20(10-9-16(11)19)17-8-7-15(18)13-5-3-4-6-14(13)17/h3-8,11-12,16H,9-10,19H2,1-2H3. The molecular formula is C17H21BrN2. The predicted molar refractivity (Wildman–Crippen MR) is 90.2 cm³/mol. The van der Waals surface area contributed by atoms with E-state index in [1.807, 2.05) is 0 Å². The Balaban J connectivity index is 2.09. The summed E-state index contributed by atoms with van der Waals surface area (Å²) in [6, 6.07) is 13.8. The molecule has 20 heavy (non-hydrogen) atoms. The van der Waals surface area contributed by atoms with Crippen molar-refractivity contribution < 1.29 is 0 Å². The van der Waals surface area contributed by atoms with Crippen LogP contribution in [0.15, 0.2) is 40.9 Å². The monoisotopic (exact) mass is 332 g/mol. The highest BCUT2D eigenvalue weighted by molar-refractivity contribution is 9.10. The topological polar surface area (TPSA) is 29.3 Å². The number of anilines is 1. The summed E-state index contributed by atoms with van der Waals surface area (Å²) in [5.74, 6) is 0.520. The molecule has 106 valence electrons. The molecule has 2 aromatic carbocycles. The molecule has 2 nitrogen and oxygen atoms in total. The molecule has 0 saturated carbocycles. The van der Waals surface area contributed by atoms with Gasteiger partial charge in [-0.15, -0.1) is 0 Å². The Hall–Kier alpha value is -1.06. The molecule has 0 spiro atoms. The highest BCUT2D eigenvalue weighted by atomic mass is 79.9. The average Bonchev–Trinajstić information content (AvgIpc) is 2.47. The smallest absolute Gasteiger partial charge is 0.0449 e. The largest absolute Gasteiger partial charge is 0.368 e. The van der Waals surface area contributed by atoms with Gasteiger partial charge >= 0.3 is 0 Å². The third-order valence-electron chi connectivity index (χ3n) is 4.79. The van der Waals surface area contributed by atoms with Gasteiger partial charge in [-0.05, 0) is 36.8 Å². The fourth-order valence-electron chi connectivity index (χ4n) is 3.23. The number of nitrogens with two attached hydrogens (primary N) is 1. The fourth-order valence-corrected chi connectivity index (χ4v) is 3.71. The molecule has 1 heterocycles. The van der Waals surface area contributed by atoms with Crippen LogP contribution in [0.2, 0.25) is 0 Å². The summed E-state index contributed by atoms with van der Waals surface area (Å²) in [5.41, 5.74) is 7.54. The Labute approximate surface area is 129 Å². The summed E-state index contributed by atoms with van der Waals surface area (Å²) in [4.78, 5) is 2.52. The molecule has 2 aromatic rings. The number of halogens is 1. The first kappa shape index (κ1) is 13.9. The maximum atomic E-state index is 6.21. The number of hydrogen-bond acceptors (Lipinski definition) is 2. The normalized spacial score (nSPS) is 27.0. The van der Waals surface area contributed by atoms with E-state index in [9.17, 15) is 0 Å². The van der Waals surface area contributed by atoms with Crippen molar-refractivity contribution >= 4 is 32.4 Å². The summed E-state index contributed by atoms with van der Waals surface area (Å²) < 4.78 is 1.16. The van der Waals surface area contributed by atoms with E-state index < -0.39 is 0 Å². The number of fused-ring (bicyclic) bond motifs is 1. The van der Waals surface area contributed by atoms with Crippen LogP contribution in [-0.4, -0.2) is 18.6 Å². The third-order valence-corrected chi connectivity index (χ3v) is 5.48. The van der Waals surface area contributed by atoms with Gasteiger partial charge in [-0.25, -0.2) is 0 Å². The number of nitrogens with zero attached hydrogens (tertiary/aromatic N) is 1. The van der Waals surface area contributed by atoms with Gasteiger partial charge in [-0.3, -0.25) is 0 Å². The van der Waals surface area contributed by atoms with Crippen molar-refractivity contribution in [1.29, 1.82) is 0 Å². The van der Waals surface area contributed by atoms with Crippen LogP contribution in [0.3, 0.4) is 0 Å². The summed E-state index contributed by atoms with van der Waals surface area (Å²) >= 11 is 3.65. The Morgan fingerprint density at radius 1 is 1.10 bits per heavy atom. The molecule has 0 bridgehead atoms. The predicted octanol–water partition coefficient (Wildman–Crippen LogP) is 4.16. The number of piperidine rings is 1. The number of rotatable bonds is 1. The molecule has 2 N–H and O–H groups in total. The Morgan fingerprint density at radius 2 is 1.80 bits per heavy atom. The molecule has 0 amide bonds. The highest BCUT2D eigenvalue weighted by Gasteiger charge is 2.31. The number of hydrogen-bond donors (Lipinski definition) is 1. The van der Waals surface area contributed by atoms with Gasteiger partial charge in [0.2, 0.25) is 0 Å². The molecule has 0 aromatic heterocycles. The second-order valence-electron chi connectivity index (χ2n) is 5.86. The van der Waals surface area contributed by atoms with E-state index in [4.69, 9.17) is 5.73 Å². The van der Waals surface area contributed by atoms with E-state index in [1.54, 1.807) is 0 Å². The van der Waals surface area contributed by atoms with Crippen LogP contribution in [-0.2, 0) is 0 Å². The zero-order valence-corrected chi connectivity index (χ0v) is 13.6. The van der Waals surface area contributed by atoms with Crippen LogP contribution in [0.25, 0.3) is 10.8 Å². The summed E-state index contributed by atoms with van der Waals surface area (Å²) in [6.07, 6.45) is 1.07. The van der Waals surface area contributed by atoms with Gasteiger partial charge in [-0.2, -0.15) is 0 Å². The van der Waals surface area contributed by atoms with Gasteiger partial charge in [-0.1, -0.05) is 47.1 Å². The van der Waals surface area contributed by atoms with Crippen LogP contribution in [0.1, 0.15) is 20.3 Å². The van der Waals surface area contributed by atoms with Crippen molar-refractivity contribution in [3.63, 3.8) is 0 Å². The van der Waals surface area contributed by atoms with E-state index in [0.717, 1.165) is 17.4 Å². The molecule has 3 unspecified atom stereocenters. The van der Waals surface area contributed by atoms with Gasteiger partial charge in [0.1, 0.15) is 0 Å². The average molecular weight is 333 g/mol. The SMILES string of the molecule is CC1C(N)CCN(c2ccc(Br)c3ccccc23)C1C. The second kappa shape index (κ2) is 5.38. The first-order valence-electron chi connectivity index (χ1n) is 7.29. The lowest BCUT2D eigenvalue weighted by atomic mass is 9.87. The highest BCUT2D eigenvalue weighted by Crippen LogP contribution is 2.36. The van der Waals surface area contributed by atoms with Crippen LogP contribution >= 0.6 is 15.9 Å². The van der Waals surface area contributed by atoms with Gasteiger partial charge < -0.3 is 10.6 Å². The zero-order chi connectivity index (χ0) is 14.3. The lowest BCUT2D eigenvalue weighted by Gasteiger charge is -2.43. The van der Waals surface area contributed by atoms with Crippen molar-refractivity contribution in [2.75, 3.05) is 11.4 Å². The summed E-state index contributed by atoms with van der Waals surface area (Å²) in [6.45, 7) is 5.60. The number of benzene rings is 2. The van der Waals surface area contributed by atoms with Crippen LogP contribution in [0.5, 0.6) is 0 Å². The van der Waals surface area contributed by atoms with Gasteiger partial charge in [0, 0.05) is 34.2 Å². The molecule has 0 radical (unpaired) electrons. The molecule has 0 aliphatic carbocycles. The van der Waals surface area contributed by atoms with E-state index in [2.05, 4.69) is 71.1 Å². The summed E-state index contributed by atoms with van der Waals surface area (Å²) in [7, 11) is 0. The first-order valence-corrected chi connectivity index (χ1v) is 8.08. The van der Waals surface area contributed by atoms with Crippen LogP contribution in [0, 0.1) is 5.92 Å². The molecule has 1 aliphatic heterocycles. The second-order valence-corrected chi connectivity index (χ2v) is 6.71. The Bertz CT molecular complexity index is 625. The molecular weight excluding hydrogens is 312 g/mol. The molecule has 3 rings (SSSR count). The first-order chi connectivity index (χ1) is 9.59. The van der Waals surface area contributed by atoms with Gasteiger partial charge in [0.15, 0.2) is 0 Å². The van der Waals surface area contributed by atoms with E-state index in [-0.39, 0.29) is 0 Å². The van der Waals surface area contributed by atoms with Crippen molar-refractivity contribution in [1.82, 2.24) is 0 Å². The van der Waals surface area contributed by atoms with E-state index in [0.29, 0.717) is 18.0 Å².